The van der Waals surface area contributed by atoms with Crippen molar-refractivity contribution in [2.75, 3.05) is 7.11 Å². The van der Waals surface area contributed by atoms with Gasteiger partial charge in [0.15, 0.2) is 17.3 Å². The fourth-order valence-corrected chi connectivity index (χ4v) is 2.53. The normalized spacial score (nSPS) is 14.3. The number of benzene rings is 1. The van der Waals surface area contributed by atoms with Crippen LogP contribution in [0.3, 0.4) is 0 Å². The van der Waals surface area contributed by atoms with Gasteiger partial charge in [-0.3, -0.25) is 4.79 Å². The van der Waals surface area contributed by atoms with Gasteiger partial charge in [0.05, 0.1) is 7.11 Å². The fourth-order valence-electron chi connectivity index (χ4n) is 2.53. The van der Waals surface area contributed by atoms with Crippen molar-refractivity contribution in [2.45, 2.75) is 59.0 Å². The number of carbonyl (C=O) groups excluding carboxylic acids is 1. The van der Waals surface area contributed by atoms with Crippen LogP contribution in [-0.2, 0) is 11.2 Å². The van der Waals surface area contributed by atoms with E-state index in [1.54, 1.807) is 12.1 Å². The molecule has 1 aromatic carbocycles. The lowest BCUT2D eigenvalue weighted by Gasteiger charge is -2.14. The molecule has 0 spiro atoms. The number of allylic oxidation sites excluding steroid dienone is 2. The van der Waals surface area contributed by atoms with Crippen molar-refractivity contribution in [3.8, 4) is 11.5 Å². The van der Waals surface area contributed by atoms with Crippen molar-refractivity contribution in [3.63, 3.8) is 0 Å². The zero-order valence-corrected chi connectivity index (χ0v) is 15.2. The van der Waals surface area contributed by atoms with Gasteiger partial charge in [0, 0.05) is 12.8 Å². The summed E-state index contributed by atoms with van der Waals surface area (Å²) in [5.74, 6) is 0.512. The molecule has 24 heavy (non-hydrogen) atoms. The largest absolute Gasteiger partial charge is 0.504 e. The van der Waals surface area contributed by atoms with Crippen LogP contribution in [0.15, 0.2) is 29.8 Å². The highest BCUT2D eigenvalue weighted by atomic mass is 16.5. The average Bonchev–Trinajstić information content (AvgIpc) is 2.56. The topological polar surface area (TPSA) is 66.8 Å². The Bertz CT molecular complexity index is 563. The predicted molar refractivity (Wildman–Crippen MR) is 96.4 cm³/mol. The molecule has 0 aliphatic heterocycles. The third-order valence-corrected chi connectivity index (χ3v) is 4.30. The minimum absolute atomic E-state index is 0.0473. The van der Waals surface area contributed by atoms with Crippen molar-refractivity contribution in [1.29, 1.82) is 0 Å². The van der Waals surface area contributed by atoms with Gasteiger partial charge < -0.3 is 14.9 Å². The number of methoxy groups -OCH3 is 1. The standard InChI is InChI=1S/C20H30O4/c1-5-14(2)7-6-8-15(3)11-18(22)19(23)12-16-9-10-17(21)20(13-16)24-4/h7,9-10,13,15,19,21,23H,5-6,8,11-12H2,1-4H3/b14-7+/t15-,19?/m1/s1. The molecule has 0 amide bonds. The number of rotatable bonds is 10. The molecule has 0 aliphatic carbocycles. The molecule has 1 unspecified atom stereocenters. The van der Waals surface area contributed by atoms with Crippen LogP contribution in [0.5, 0.6) is 11.5 Å². The van der Waals surface area contributed by atoms with Gasteiger partial charge in [-0.15, -0.1) is 0 Å². The van der Waals surface area contributed by atoms with E-state index >= 15 is 0 Å². The van der Waals surface area contributed by atoms with Crippen molar-refractivity contribution in [3.05, 3.63) is 35.4 Å². The Hall–Kier alpha value is -1.81. The Labute approximate surface area is 145 Å². The summed E-state index contributed by atoms with van der Waals surface area (Å²) in [6.07, 6.45) is 4.80. The number of hydrogen-bond donors (Lipinski definition) is 2. The number of Topliss-reactive ketones (excluding diaryl/α,β-unsaturated/α-hetero) is 1. The molecule has 2 atom stereocenters. The highest BCUT2D eigenvalue weighted by molar-refractivity contribution is 5.83. The second-order valence-corrected chi connectivity index (χ2v) is 6.48. The molecule has 0 fully saturated rings. The summed E-state index contributed by atoms with van der Waals surface area (Å²) in [5, 5.41) is 19.7. The van der Waals surface area contributed by atoms with Crippen LogP contribution in [0.25, 0.3) is 0 Å². The van der Waals surface area contributed by atoms with Gasteiger partial charge in [0.1, 0.15) is 6.10 Å². The molecule has 0 saturated carbocycles. The van der Waals surface area contributed by atoms with E-state index in [2.05, 4.69) is 19.9 Å². The Morgan fingerprint density at radius 3 is 2.71 bits per heavy atom. The molecule has 4 heteroatoms. The van der Waals surface area contributed by atoms with Gasteiger partial charge in [-0.25, -0.2) is 0 Å². The Morgan fingerprint density at radius 2 is 2.08 bits per heavy atom. The SMILES string of the molecule is CC/C(C)=C/CC[C@@H](C)CC(=O)C(O)Cc1ccc(O)c(OC)c1. The number of aromatic hydroxyl groups is 1. The van der Waals surface area contributed by atoms with Crippen LogP contribution in [0.2, 0.25) is 0 Å². The van der Waals surface area contributed by atoms with Crippen LogP contribution in [0.1, 0.15) is 52.0 Å². The molecule has 0 aliphatic rings. The van der Waals surface area contributed by atoms with Crippen molar-refractivity contribution >= 4 is 5.78 Å². The van der Waals surface area contributed by atoms with Gasteiger partial charge in [-0.2, -0.15) is 0 Å². The third-order valence-electron chi connectivity index (χ3n) is 4.30. The maximum absolute atomic E-state index is 12.2. The molecule has 134 valence electrons. The second-order valence-electron chi connectivity index (χ2n) is 6.48. The van der Waals surface area contributed by atoms with E-state index in [0.717, 1.165) is 24.8 Å². The first-order valence-corrected chi connectivity index (χ1v) is 8.59. The van der Waals surface area contributed by atoms with E-state index in [1.807, 2.05) is 6.92 Å². The van der Waals surface area contributed by atoms with E-state index in [9.17, 15) is 15.0 Å². The Balaban J connectivity index is 2.49. The minimum atomic E-state index is -1.02. The lowest BCUT2D eigenvalue weighted by atomic mass is 9.94. The number of aliphatic hydroxyl groups excluding tert-OH is 1. The molecule has 0 bridgehead atoms. The second kappa shape index (κ2) is 10.1. The molecule has 0 aromatic heterocycles. The summed E-state index contributed by atoms with van der Waals surface area (Å²) in [4.78, 5) is 12.2. The molecular weight excluding hydrogens is 304 g/mol. The van der Waals surface area contributed by atoms with Crippen molar-refractivity contribution in [1.82, 2.24) is 0 Å². The number of ketones is 1. The number of ether oxygens (including phenoxy) is 1. The van der Waals surface area contributed by atoms with E-state index in [4.69, 9.17) is 4.74 Å². The van der Waals surface area contributed by atoms with Crippen LogP contribution in [0.4, 0.5) is 0 Å². The van der Waals surface area contributed by atoms with Crippen LogP contribution < -0.4 is 4.74 Å². The van der Waals surface area contributed by atoms with E-state index < -0.39 is 6.10 Å². The smallest absolute Gasteiger partial charge is 0.161 e. The molecule has 1 aromatic rings. The molecule has 2 N–H and O–H groups in total. The average molecular weight is 334 g/mol. The summed E-state index contributed by atoms with van der Waals surface area (Å²) in [6, 6.07) is 4.85. The van der Waals surface area contributed by atoms with Gasteiger partial charge >= 0.3 is 0 Å². The van der Waals surface area contributed by atoms with Crippen LogP contribution in [0, 0.1) is 5.92 Å². The lowest BCUT2D eigenvalue weighted by molar-refractivity contribution is -0.127. The van der Waals surface area contributed by atoms with E-state index in [1.165, 1.54) is 18.7 Å². The predicted octanol–water partition coefficient (Wildman–Crippen LogP) is 4.04. The van der Waals surface area contributed by atoms with E-state index in [-0.39, 0.29) is 23.9 Å². The summed E-state index contributed by atoms with van der Waals surface area (Å²) in [6.45, 7) is 6.29. The van der Waals surface area contributed by atoms with Gasteiger partial charge in [0.25, 0.3) is 0 Å². The Kier molecular flexibility index (Phi) is 8.55. The van der Waals surface area contributed by atoms with E-state index in [0.29, 0.717) is 12.2 Å². The monoisotopic (exact) mass is 334 g/mol. The number of phenolic OH excluding ortho intramolecular Hbond substituents is 1. The molecule has 0 heterocycles. The summed E-state index contributed by atoms with van der Waals surface area (Å²) in [5.41, 5.74) is 2.13. The molecule has 0 saturated heterocycles. The zero-order chi connectivity index (χ0) is 18.1. The Morgan fingerprint density at radius 1 is 1.38 bits per heavy atom. The first kappa shape index (κ1) is 20.2. The number of carbonyl (C=O) groups is 1. The number of aliphatic hydroxyl groups is 1. The van der Waals surface area contributed by atoms with Crippen LogP contribution >= 0.6 is 0 Å². The van der Waals surface area contributed by atoms with Gasteiger partial charge in [-0.1, -0.05) is 31.6 Å². The maximum atomic E-state index is 12.2. The summed E-state index contributed by atoms with van der Waals surface area (Å²) < 4.78 is 5.04. The van der Waals surface area contributed by atoms with Crippen molar-refractivity contribution < 1.29 is 19.7 Å². The number of hydrogen-bond acceptors (Lipinski definition) is 4. The molecule has 1 rings (SSSR count). The van der Waals surface area contributed by atoms with Crippen LogP contribution in [-0.4, -0.2) is 29.2 Å². The molecular formula is C20H30O4. The van der Waals surface area contributed by atoms with Gasteiger partial charge in [0.2, 0.25) is 0 Å². The highest BCUT2D eigenvalue weighted by Crippen LogP contribution is 2.27. The molecule has 0 radical (unpaired) electrons. The lowest BCUT2D eigenvalue weighted by Crippen LogP contribution is -2.24. The number of phenols is 1. The van der Waals surface area contributed by atoms with Gasteiger partial charge in [-0.05, 0) is 49.8 Å². The minimum Gasteiger partial charge on any atom is -0.504 e. The third kappa shape index (κ3) is 6.75. The quantitative estimate of drug-likeness (QED) is 0.634. The maximum Gasteiger partial charge on any atom is 0.161 e. The summed E-state index contributed by atoms with van der Waals surface area (Å²) >= 11 is 0. The summed E-state index contributed by atoms with van der Waals surface area (Å²) in [7, 11) is 1.47. The highest BCUT2D eigenvalue weighted by Gasteiger charge is 2.18. The molecule has 4 nitrogen and oxygen atoms in total. The first-order valence-electron chi connectivity index (χ1n) is 8.59. The first-order chi connectivity index (χ1) is 11.4. The fraction of sp³-hybridized carbons (Fsp3) is 0.550. The van der Waals surface area contributed by atoms with Crippen molar-refractivity contribution in [2.24, 2.45) is 5.92 Å². The zero-order valence-electron chi connectivity index (χ0n) is 15.2.